The van der Waals surface area contributed by atoms with Crippen molar-refractivity contribution in [1.29, 1.82) is 0 Å². The van der Waals surface area contributed by atoms with E-state index in [1.54, 1.807) is 17.2 Å². The quantitative estimate of drug-likeness (QED) is 0.128. The molecule has 0 spiro atoms. The molecule has 1 N–H and O–H groups in total. The van der Waals surface area contributed by atoms with Crippen molar-refractivity contribution in [2.24, 2.45) is 0 Å². The lowest BCUT2D eigenvalue weighted by Crippen LogP contribution is -2.45. The SMILES string of the molecule is CC(C)(C)OC(=O)ON1CCC(c2ccc(OCCCOCc3ccccc3O)cc2)C(OCc2ccc3ccccc3c2)C1. The number of fused-ring (bicyclic) bond motifs is 1. The van der Waals surface area contributed by atoms with Crippen LogP contribution in [0.5, 0.6) is 11.5 Å². The highest BCUT2D eigenvalue weighted by Gasteiger charge is 2.34. The molecule has 1 fully saturated rings. The van der Waals surface area contributed by atoms with Gasteiger partial charge in [0.1, 0.15) is 17.1 Å². The number of carbonyl (C=O) groups is 1. The second-order valence-electron chi connectivity index (χ2n) is 12.3. The van der Waals surface area contributed by atoms with Crippen molar-refractivity contribution in [2.45, 2.75) is 64.4 Å². The summed E-state index contributed by atoms with van der Waals surface area (Å²) in [5.74, 6) is 1.15. The molecule has 238 valence electrons. The van der Waals surface area contributed by atoms with Crippen LogP contribution in [0, 0.1) is 0 Å². The minimum Gasteiger partial charge on any atom is -0.508 e. The number of carbonyl (C=O) groups excluding carboxylic acids is 1. The number of rotatable bonds is 12. The van der Waals surface area contributed by atoms with Crippen LogP contribution < -0.4 is 4.74 Å². The predicted octanol–water partition coefficient (Wildman–Crippen LogP) is 7.77. The zero-order valence-electron chi connectivity index (χ0n) is 26.3. The van der Waals surface area contributed by atoms with E-state index < -0.39 is 11.8 Å². The molecule has 5 rings (SSSR count). The Morgan fingerprint density at radius 3 is 2.42 bits per heavy atom. The molecule has 1 saturated heterocycles. The Hall–Kier alpha value is -4.11. The average Bonchev–Trinajstić information content (AvgIpc) is 3.02. The van der Waals surface area contributed by atoms with Gasteiger partial charge in [-0.15, -0.1) is 5.06 Å². The first-order valence-electron chi connectivity index (χ1n) is 15.6. The van der Waals surface area contributed by atoms with Gasteiger partial charge in [0.15, 0.2) is 0 Å². The fourth-order valence-electron chi connectivity index (χ4n) is 5.40. The molecule has 1 aliphatic heterocycles. The van der Waals surface area contributed by atoms with Gasteiger partial charge >= 0.3 is 6.16 Å². The van der Waals surface area contributed by atoms with Gasteiger partial charge in [-0.2, -0.15) is 0 Å². The number of phenols is 1. The summed E-state index contributed by atoms with van der Waals surface area (Å²) < 4.78 is 23.5. The van der Waals surface area contributed by atoms with Crippen LogP contribution in [0.15, 0.2) is 91.0 Å². The Morgan fingerprint density at radius 1 is 0.889 bits per heavy atom. The highest BCUT2D eigenvalue weighted by Crippen LogP contribution is 2.33. The first-order chi connectivity index (χ1) is 21.7. The van der Waals surface area contributed by atoms with Gasteiger partial charge in [-0.25, -0.2) is 4.79 Å². The summed E-state index contributed by atoms with van der Waals surface area (Å²) in [5, 5.41) is 13.9. The Bertz CT molecular complexity index is 1530. The number of piperidine rings is 1. The topological polar surface area (TPSA) is 86.7 Å². The predicted molar refractivity (Wildman–Crippen MR) is 173 cm³/mol. The third-order valence-electron chi connectivity index (χ3n) is 7.65. The van der Waals surface area contributed by atoms with Crippen molar-refractivity contribution in [3.63, 3.8) is 0 Å². The molecular formula is C37H43NO7. The Kier molecular flexibility index (Phi) is 10.9. The molecule has 4 aromatic rings. The van der Waals surface area contributed by atoms with E-state index in [1.807, 2.05) is 57.2 Å². The lowest BCUT2D eigenvalue weighted by molar-refractivity contribution is -0.179. The van der Waals surface area contributed by atoms with E-state index in [0.717, 1.165) is 35.3 Å². The first-order valence-corrected chi connectivity index (χ1v) is 15.6. The van der Waals surface area contributed by atoms with E-state index >= 15 is 0 Å². The fourth-order valence-corrected chi connectivity index (χ4v) is 5.40. The second kappa shape index (κ2) is 15.3. The van der Waals surface area contributed by atoms with Crippen molar-refractivity contribution in [1.82, 2.24) is 5.06 Å². The zero-order chi connectivity index (χ0) is 31.6. The van der Waals surface area contributed by atoms with Crippen LogP contribution in [0.2, 0.25) is 0 Å². The summed E-state index contributed by atoms with van der Waals surface area (Å²) in [7, 11) is 0. The van der Waals surface area contributed by atoms with Crippen molar-refractivity contribution in [3.05, 3.63) is 108 Å². The van der Waals surface area contributed by atoms with Crippen molar-refractivity contribution in [3.8, 4) is 11.5 Å². The van der Waals surface area contributed by atoms with Crippen molar-refractivity contribution < 1.29 is 33.7 Å². The summed E-state index contributed by atoms with van der Waals surface area (Å²) in [6.07, 6.45) is 0.565. The number of nitrogens with zero attached hydrogens (tertiary/aromatic N) is 1. The molecule has 8 nitrogen and oxygen atoms in total. The molecule has 0 radical (unpaired) electrons. The van der Waals surface area contributed by atoms with Crippen LogP contribution in [0.1, 0.15) is 56.2 Å². The molecule has 0 saturated carbocycles. The number of hydrogen-bond acceptors (Lipinski definition) is 8. The normalized spacial score (nSPS) is 17.2. The molecule has 0 amide bonds. The molecule has 1 heterocycles. The largest absolute Gasteiger partial charge is 0.528 e. The first kappa shape index (κ1) is 32.3. The lowest BCUT2D eigenvalue weighted by atomic mass is 9.87. The molecule has 2 unspecified atom stereocenters. The number of aromatic hydroxyl groups is 1. The second-order valence-corrected chi connectivity index (χ2v) is 12.3. The van der Waals surface area contributed by atoms with Gasteiger partial charge in [-0.3, -0.25) is 0 Å². The summed E-state index contributed by atoms with van der Waals surface area (Å²) in [5.41, 5.74) is 2.38. The van der Waals surface area contributed by atoms with Crippen LogP contribution in [-0.4, -0.2) is 54.3 Å². The van der Waals surface area contributed by atoms with Crippen LogP contribution in [0.3, 0.4) is 0 Å². The van der Waals surface area contributed by atoms with Crippen molar-refractivity contribution in [2.75, 3.05) is 26.3 Å². The van der Waals surface area contributed by atoms with E-state index in [2.05, 4.69) is 42.5 Å². The van der Waals surface area contributed by atoms with E-state index in [-0.39, 0.29) is 17.8 Å². The van der Waals surface area contributed by atoms with Crippen LogP contribution in [-0.2, 0) is 32.3 Å². The molecule has 8 heteroatoms. The highest BCUT2D eigenvalue weighted by molar-refractivity contribution is 5.82. The van der Waals surface area contributed by atoms with Gasteiger partial charge in [0.05, 0.1) is 39.1 Å². The number of benzene rings is 4. The van der Waals surface area contributed by atoms with Gasteiger partial charge < -0.3 is 28.9 Å². The minimum atomic E-state index is -0.709. The summed E-state index contributed by atoms with van der Waals surface area (Å²) in [4.78, 5) is 18.0. The number of hydroxylamine groups is 2. The van der Waals surface area contributed by atoms with Gasteiger partial charge in [0, 0.05) is 24.4 Å². The summed E-state index contributed by atoms with van der Waals surface area (Å²) in [6, 6.07) is 30.0. The zero-order valence-corrected chi connectivity index (χ0v) is 26.3. The maximum absolute atomic E-state index is 12.4. The third-order valence-corrected chi connectivity index (χ3v) is 7.65. The van der Waals surface area contributed by atoms with Gasteiger partial charge in [0.25, 0.3) is 0 Å². The number of ether oxygens (including phenoxy) is 4. The molecule has 0 bridgehead atoms. The molecule has 0 aromatic heterocycles. The van der Waals surface area contributed by atoms with Gasteiger partial charge in [-0.05, 0) is 73.4 Å². The molecule has 4 aromatic carbocycles. The summed E-state index contributed by atoms with van der Waals surface area (Å²) in [6.45, 7) is 8.31. The minimum absolute atomic E-state index is 0.112. The smallest absolute Gasteiger partial charge is 0.508 e. The van der Waals surface area contributed by atoms with E-state index in [0.29, 0.717) is 39.5 Å². The van der Waals surface area contributed by atoms with Crippen LogP contribution in [0.4, 0.5) is 4.79 Å². The van der Waals surface area contributed by atoms with E-state index in [1.165, 1.54) is 10.8 Å². The molecular weight excluding hydrogens is 570 g/mol. The average molecular weight is 614 g/mol. The maximum atomic E-state index is 12.4. The Labute approximate surface area is 265 Å². The lowest BCUT2D eigenvalue weighted by Gasteiger charge is -2.37. The van der Waals surface area contributed by atoms with Gasteiger partial charge in [-0.1, -0.05) is 66.7 Å². The number of hydrogen-bond donors (Lipinski definition) is 1. The Balaban J connectivity index is 1.17. The van der Waals surface area contributed by atoms with Crippen LogP contribution >= 0.6 is 0 Å². The molecule has 1 aliphatic rings. The molecule has 2 atom stereocenters. The fraction of sp³-hybridized carbons (Fsp3) is 0.378. The summed E-state index contributed by atoms with van der Waals surface area (Å²) >= 11 is 0. The monoisotopic (exact) mass is 613 g/mol. The highest BCUT2D eigenvalue weighted by atomic mass is 16.8. The Morgan fingerprint density at radius 2 is 1.64 bits per heavy atom. The van der Waals surface area contributed by atoms with Gasteiger partial charge in [0.2, 0.25) is 0 Å². The number of para-hydroxylation sites is 1. The third kappa shape index (κ3) is 9.69. The van der Waals surface area contributed by atoms with E-state index in [9.17, 15) is 9.90 Å². The van der Waals surface area contributed by atoms with Crippen molar-refractivity contribution >= 4 is 16.9 Å². The molecule has 45 heavy (non-hydrogen) atoms. The number of phenolic OH excluding ortho intramolecular Hbond substituents is 1. The molecule has 0 aliphatic carbocycles. The van der Waals surface area contributed by atoms with E-state index in [4.69, 9.17) is 23.8 Å². The standard InChI is InChI=1S/C37H43NO7/c1-37(2,3)44-36(40)45-38-20-19-33(35(24-38)43-25-27-13-14-28-9-4-5-10-30(28)23-27)29-15-17-32(18-16-29)42-22-8-21-41-26-31-11-6-7-12-34(31)39/h4-7,9-18,23,33,35,39H,8,19-22,24-26H2,1-3H3. The maximum Gasteiger partial charge on any atom is 0.528 e. The van der Waals surface area contributed by atoms with Crippen LogP contribution in [0.25, 0.3) is 10.8 Å².